The van der Waals surface area contributed by atoms with Crippen LogP contribution in [0.4, 0.5) is 5.69 Å². The molecule has 0 radical (unpaired) electrons. The monoisotopic (exact) mass is 495 g/mol. The molecule has 3 aromatic rings. The van der Waals surface area contributed by atoms with Crippen LogP contribution in [0.25, 0.3) is 0 Å². The highest BCUT2D eigenvalue weighted by molar-refractivity contribution is 7.92. The predicted octanol–water partition coefficient (Wildman–Crippen LogP) is 4.17. The summed E-state index contributed by atoms with van der Waals surface area (Å²) in [4.78, 5) is 12.8. The van der Waals surface area contributed by atoms with E-state index in [-0.39, 0.29) is 10.8 Å². The second-order valence-corrected chi connectivity index (χ2v) is 9.83. The van der Waals surface area contributed by atoms with Gasteiger partial charge in [0.15, 0.2) is 0 Å². The number of amides is 1. The minimum absolute atomic E-state index is 0.0900. The third-order valence-corrected chi connectivity index (χ3v) is 7.09. The van der Waals surface area contributed by atoms with E-state index in [1.165, 1.54) is 25.5 Å². The number of rotatable bonds is 10. The van der Waals surface area contributed by atoms with Crippen LogP contribution in [0.2, 0.25) is 0 Å². The number of nitrogens with one attached hydrogen (secondary N) is 1. The van der Waals surface area contributed by atoms with Crippen LogP contribution in [0, 0.1) is 0 Å². The van der Waals surface area contributed by atoms with Crippen LogP contribution in [0.5, 0.6) is 11.5 Å². The minimum atomic E-state index is -3.99. The van der Waals surface area contributed by atoms with Gasteiger partial charge in [-0.05, 0) is 47.9 Å². The van der Waals surface area contributed by atoms with Gasteiger partial charge in [-0.15, -0.1) is 0 Å². The van der Waals surface area contributed by atoms with E-state index in [4.69, 9.17) is 9.47 Å². The summed E-state index contributed by atoms with van der Waals surface area (Å²) >= 11 is 0. The van der Waals surface area contributed by atoms with Crippen LogP contribution in [-0.4, -0.2) is 41.3 Å². The molecule has 0 saturated heterocycles. The van der Waals surface area contributed by atoms with Crippen LogP contribution in [-0.2, 0) is 14.8 Å². The van der Waals surface area contributed by atoms with Gasteiger partial charge in [-0.1, -0.05) is 44.2 Å². The molecule has 0 fully saturated rings. The van der Waals surface area contributed by atoms with Crippen molar-refractivity contribution in [2.75, 3.05) is 25.1 Å². The number of hydrogen-bond donors (Lipinski definition) is 1. The first kappa shape index (κ1) is 25.8. The number of nitrogens with zero attached hydrogens (tertiary/aromatic N) is 2. The zero-order valence-electron chi connectivity index (χ0n) is 20.1. The number of carbonyl (C=O) groups excluding carboxylic acids is 1. The molecule has 0 unspecified atom stereocenters. The van der Waals surface area contributed by atoms with Gasteiger partial charge in [0.25, 0.3) is 15.9 Å². The molecule has 0 heterocycles. The first-order chi connectivity index (χ1) is 16.8. The average Bonchev–Trinajstić information content (AvgIpc) is 2.87. The zero-order chi connectivity index (χ0) is 25.4. The van der Waals surface area contributed by atoms with Crippen molar-refractivity contribution in [1.82, 2.24) is 5.43 Å². The predicted molar refractivity (Wildman–Crippen MR) is 137 cm³/mol. The SMILES string of the molecule is COc1ccc(/C=N\NC(=O)CN(c2ccc(C(C)C)cc2)S(=O)(=O)c2ccccc2)c(OC)c1. The van der Waals surface area contributed by atoms with Crippen molar-refractivity contribution in [2.24, 2.45) is 5.10 Å². The van der Waals surface area contributed by atoms with Crippen LogP contribution in [0.15, 0.2) is 82.8 Å². The van der Waals surface area contributed by atoms with Crippen molar-refractivity contribution in [3.05, 3.63) is 83.9 Å². The highest BCUT2D eigenvalue weighted by Crippen LogP contribution is 2.26. The molecule has 35 heavy (non-hydrogen) atoms. The van der Waals surface area contributed by atoms with E-state index in [0.29, 0.717) is 22.7 Å². The summed E-state index contributed by atoms with van der Waals surface area (Å²) < 4.78 is 38.4. The molecule has 1 amide bonds. The number of benzene rings is 3. The molecule has 8 nitrogen and oxygen atoms in total. The Bertz CT molecular complexity index is 1270. The summed E-state index contributed by atoms with van der Waals surface area (Å²) in [6, 6.07) is 20.3. The molecule has 1 N–H and O–H groups in total. The Kier molecular flexibility index (Phi) is 8.48. The smallest absolute Gasteiger partial charge is 0.264 e. The normalized spacial score (nSPS) is 11.5. The van der Waals surface area contributed by atoms with Gasteiger partial charge >= 0.3 is 0 Å². The van der Waals surface area contributed by atoms with E-state index < -0.39 is 22.5 Å². The number of methoxy groups -OCH3 is 2. The number of hydrogen-bond acceptors (Lipinski definition) is 6. The first-order valence-corrected chi connectivity index (χ1v) is 12.4. The lowest BCUT2D eigenvalue weighted by Gasteiger charge is -2.24. The fraction of sp³-hybridized carbons (Fsp3) is 0.231. The van der Waals surface area contributed by atoms with Gasteiger partial charge in [0.2, 0.25) is 0 Å². The minimum Gasteiger partial charge on any atom is -0.497 e. The van der Waals surface area contributed by atoms with Crippen molar-refractivity contribution in [1.29, 1.82) is 0 Å². The summed E-state index contributed by atoms with van der Waals surface area (Å²) in [7, 11) is -0.926. The lowest BCUT2D eigenvalue weighted by molar-refractivity contribution is -0.119. The fourth-order valence-corrected chi connectivity index (χ4v) is 4.77. The van der Waals surface area contributed by atoms with Gasteiger partial charge in [0.05, 0.1) is 31.0 Å². The Labute approximate surface area is 206 Å². The maximum atomic E-state index is 13.4. The quantitative estimate of drug-likeness (QED) is 0.336. The molecule has 0 atom stereocenters. The van der Waals surface area contributed by atoms with Crippen molar-refractivity contribution >= 4 is 27.8 Å². The van der Waals surface area contributed by atoms with E-state index in [1.807, 2.05) is 12.1 Å². The molecule has 0 aliphatic carbocycles. The Morgan fingerprint density at radius 1 is 1.00 bits per heavy atom. The van der Waals surface area contributed by atoms with Gasteiger partial charge in [-0.2, -0.15) is 5.10 Å². The van der Waals surface area contributed by atoms with Gasteiger partial charge in [0, 0.05) is 11.6 Å². The largest absolute Gasteiger partial charge is 0.497 e. The Hall–Kier alpha value is -3.85. The molecule has 0 saturated carbocycles. The van der Waals surface area contributed by atoms with Crippen molar-refractivity contribution < 1.29 is 22.7 Å². The molecule has 184 valence electrons. The summed E-state index contributed by atoms with van der Waals surface area (Å²) in [6.07, 6.45) is 1.42. The van der Waals surface area contributed by atoms with Crippen LogP contribution in [0.1, 0.15) is 30.9 Å². The number of sulfonamides is 1. The third kappa shape index (κ3) is 6.39. The first-order valence-electron chi connectivity index (χ1n) is 11.0. The molecule has 0 aliphatic rings. The number of ether oxygens (including phenoxy) is 2. The summed E-state index contributed by atoms with van der Waals surface area (Å²) in [5, 5.41) is 3.98. The Morgan fingerprint density at radius 2 is 1.69 bits per heavy atom. The van der Waals surface area contributed by atoms with Gasteiger partial charge < -0.3 is 9.47 Å². The van der Waals surface area contributed by atoms with Gasteiger partial charge in [-0.25, -0.2) is 13.8 Å². The summed E-state index contributed by atoms with van der Waals surface area (Å²) in [5.74, 6) is 0.825. The summed E-state index contributed by atoms with van der Waals surface area (Å²) in [6.45, 7) is 3.66. The lowest BCUT2D eigenvalue weighted by atomic mass is 10.0. The molecule has 3 rings (SSSR count). The summed E-state index contributed by atoms with van der Waals surface area (Å²) in [5.41, 5.74) is 4.47. The Balaban J connectivity index is 1.83. The van der Waals surface area contributed by atoms with Crippen molar-refractivity contribution in [2.45, 2.75) is 24.7 Å². The maximum absolute atomic E-state index is 13.4. The van der Waals surface area contributed by atoms with Crippen LogP contribution < -0.4 is 19.2 Å². The molecule has 0 aliphatic heterocycles. The molecule has 0 aromatic heterocycles. The molecule has 3 aromatic carbocycles. The average molecular weight is 496 g/mol. The molecular weight excluding hydrogens is 466 g/mol. The zero-order valence-corrected chi connectivity index (χ0v) is 21.0. The van der Waals surface area contributed by atoms with E-state index in [1.54, 1.807) is 55.6 Å². The third-order valence-electron chi connectivity index (χ3n) is 5.30. The van der Waals surface area contributed by atoms with E-state index >= 15 is 0 Å². The number of hydrazone groups is 1. The Morgan fingerprint density at radius 3 is 2.29 bits per heavy atom. The maximum Gasteiger partial charge on any atom is 0.264 e. The van der Waals surface area contributed by atoms with E-state index in [2.05, 4.69) is 24.4 Å². The topological polar surface area (TPSA) is 97.3 Å². The lowest BCUT2D eigenvalue weighted by Crippen LogP contribution is -2.39. The highest BCUT2D eigenvalue weighted by Gasteiger charge is 2.27. The molecular formula is C26H29N3O5S. The fourth-order valence-electron chi connectivity index (χ4n) is 3.32. The molecule has 0 bridgehead atoms. The van der Waals surface area contributed by atoms with Gasteiger partial charge in [-0.3, -0.25) is 9.10 Å². The van der Waals surface area contributed by atoms with Crippen molar-refractivity contribution in [3.8, 4) is 11.5 Å². The molecule has 9 heteroatoms. The van der Waals surface area contributed by atoms with E-state index in [0.717, 1.165) is 9.87 Å². The number of carbonyl (C=O) groups is 1. The highest BCUT2D eigenvalue weighted by atomic mass is 32.2. The number of anilines is 1. The standard InChI is InChI=1S/C26H29N3O5S/c1-19(2)20-10-13-22(14-11-20)29(35(31,32)24-8-6-5-7-9-24)18-26(30)28-27-17-21-12-15-23(33-3)16-25(21)34-4/h5-17,19H,18H2,1-4H3,(H,28,30)/b27-17-. The van der Waals surface area contributed by atoms with Crippen LogP contribution in [0.3, 0.4) is 0 Å². The van der Waals surface area contributed by atoms with Crippen molar-refractivity contribution in [3.63, 3.8) is 0 Å². The second-order valence-electron chi connectivity index (χ2n) is 7.97. The van der Waals surface area contributed by atoms with Gasteiger partial charge in [0.1, 0.15) is 18.0 Å². The molecule has 0 spiro atoms. The van der Waals surface area contributed by atoms with Crippen LogP contribution >= 0.6 is 0 Å². The second kappa shape index (κ2) is 11.5. The van der Waals surface area contributed by atoms with E-state index in [9.17, 15) is 13.2 Å².